The zero-order chi connectivity index (χ0) is 29.2. The molecule has 9 atom stereocenters. The van der Waals surface area contributed by atoms with Crippen LogP contribution in [-0.4, -0.2) is 60.0 Å². The van der Waals surface area contributed by atoms with Crippen molar-refractivity contribution in [2.45, 2.75) is 78.6 Å². The van der Waals surface area contributed by atoms with E-state index in [0.29, 0.717) is 18.4 Å². The van der Waals surface area contributed by atoms with Crippen molar-refractivity contribution in [1.82, 2.24) is 5.48 Å². The number of hydrogen-bond acceptors (Lipinski definition) is 8. The maximum absolute atomic E-state index is 15.6. The lowest BCUT2D eigenvalue weighted by molar-refractivity contribution is -0.201. The highest BCUT2D eigenvalue weighted by atomic mass is 19.1. The van der Waals surface area contributed by atoms with Crippen LogP contribution in [0.1, 0.15) is 65.4 Å². The third-order valence-electron chi connectivity index (χ3n) is 11.4. The van der Waals surface area contributed by atoms with Crippen LogP contribution in [0.5, 0.6) is 5.75 Å². The number of ether oxygens (including phenoxy) is 1. The number of carbonyl (C=O) groups is 2. The highest BCUT2D eigenvalue weighted by Gasteiger charge is 2.69. The summed E-state index contributed by atoms with van der Waals surface area (Å²) in [7, 11) is 0.0239. The largest absolute Gasteiger partial charge is 0.494 e. The second kappa shape index (κ2) is 10.3. The molecule has 0 aromatic heterocycles. The molecule has 4 aliphatic rings. The van der Waals surface area contributed by atoms with Crippen LogP contribution in [-0.2, 0) is 25.7 Å². The molecule has 1 aromatic carbocycles. The van der Waals surface area contributed by atoms with E-state index in [0.717, 1.165) is 12.8 Å². The number of carbonyl (C=O) groups excluding carboxylic acids is 1. The van der Waals surface area contributed by atoms with Crippen molar-refractivity contribution in [2.24, 2.45) is 39.9 Å². The molecule has 0 spiro atoms. The molecule has 1 aromatic rings. The quantitative estimate of drug-likeness (QED) is 0.293. The number of benzene rings is 1. The lowest BCUT2D eigenvalue weighted by atomic mass is 9.41. The van der Waals surface area contributed by atoms with E-state index in [2.05, 4.69) is 12.4 Å². The number of aliphatic hydroxyl groups excluding tert-OH is 1. The first kappa shape index (κ1) is 29.4. The van der Waals surface area contributed by atoms with Gasteiger partial charge in [0.25, 0.3) is 0 Å². The fourth-order valence-corrected chi connectivity index (χ4v) is 8.98. The van der Waals surface area contributed by atoms with Gasteiger partial charge in [0.1, 0.15) is 5.78 Å². The standard InChI is InChI=1S/C29H41BFNO8/c1-15-8-10-29-11-9-19(33)24(29)28(15,4)18(12-27(3,14-32-38-5)25(34)16(29)2)23(26(35)36)40-20-7-6-17-13-39-30(37)21(17)22(20)31/h6-7,15-16,18,23-25,32,34,37H,8-14H2,1-5H3,(H,35,36)/t15-,16+,18+,23?,24+,25+,27+,28-,29+/m1/s1. The normalized spacial score (nSPS) is 39.8. The number of Topliss-reactive ketones (excluding diaryl/α,β-unsaturated/α-hetero) is 1. The summed E-state index contributed by atoms with van der Waals surface area (Å²) in [5.41, 5.74) is 1.17. The van der Waals surface area contributed by atoms with Gasteiger partial charge in [0.05, 0.1) is 19.8 Å². The van der Waals surface area contributed by atoms with Gasteiger partial charge in [-0.2, -0.15) is 0 Å². The van der Waals surface area contributed by atoms with E-state index in [4.69, 9.17) is 14.2 Å². The second-order valence-electron chi connectivity index (χ2n) is 13.2. The maximum Gasteiger partial charge on any atom is 0.494 e. The molecule has 3 aliphatic carbocycles. The fraction of sp³-hybridized carbons (Fsp3) is 0.724. The van der Waals surface area contributed by atoms with Crippen LogP contribution in [0.15, 0.2) is 12.1 Å². The maximum atomic E-state index is 15.6. The van der Waals surface area contributed by atoms with Gasteiger partial charge in [-0.05, 0) is 60.0 Å². The molecule has 11 heteroatoms. The predicted octanol–water partition coefficient (Wildman–Crippen LogP) is 2.45. The number of halogens is 1. The Morgan fingerprint density at radius 2 is 2.02 bits per heavy atom. The van der Waals surface area contributed by atoms with Crippen molar-refractivity contribution in [3.8, 4) is 5.75 Å². The van der Waals surface area contributed by atoms with Gasteiger partial charge < -0.3 is 29.5 Å². The first-order valence-electron chi connectivity index (χ1n) is 14.3. The fourth-order valence-electron chi connectivity index (χ4n) is 8.98. The highest BCUT2D eigenvalue weighted by molar-refractivity contribution is 6.61. The molecule has 2 bridgehead atoms. The van der Waals surface area contributed by atoms with Crippen molar-refractivity contribution >= 4 is 24.3 Å². The minimum absolute atomic E-state index is 0.0229. The van der Waals surface area contributed by atoms with E-state index in [1.54, 1.807) is 6.07 Å². The molecule has 0 saturated heterocycles. The summed E-state index contributed by atoms with van der Waals surface area (Å²) in [4.78, 5) is 32.0. The number of rotatable bonds is 7. The zero-order valence-corrected chi connectivity index (χ0v) is 23.9. The van der Waals surface area contributed by atoms with Crippen molar-refractivity contribution in [3.63, 3.8) is 0 Å². The number of hydrogen-bond donors (Lipinski definition) is 4. The number of hydroxylamine groups is 1. The van der Waals surface area contributed by atoms with Gasteiger partial charge >= 0.3 is 13.1 Å². The Bertz CT molecular complexity index is 1180. The van der Waals surface area contributed by atoms with E-state index in [1.807, 2.05) is 20.8 Å². The van der Waals surface area contributed by atoms with Gasteiger partial charge in [-0.25, -0.2) is 14.7 Å². The Labute approximate surface area is 234 Å². The molecule has 1 aliphatic heterocycles. The van der Waals surface area contributed by atoms with Crippen LogP contribution in [0.3, 0.4) is 0 Å². The Hall–Kier alpha value is -2.05. The average Bonchev–Trinajstić information content (AvgIpc) is 3.47. The second-order valence-corrected chi connectivity index (χ2v) is 13.2. The zero-order valence-electron chi connectivity index (χ0n) is 23.9. The van der Waals surface area contributed by atoms with Crippen LogP contribution in [0.25, 0.3) is 0 Å². The molecule has 1 heterocycles. The minimum atomic E-state index is -1.52. The topological polar surface area (TPSA) is 135 Å². The lowest BCUT2D eigenvalue weighted by Crippen LogP contribution is -2.64. The Balaban J connectivity index is 1.66. The first-order valence-corrected chi connectivity index (χ1v) is 14.3. The summed E-state index contributed by atoms with van der Waals surface area (Å²) in [5.74, 6) is -3.77. The third-order valence-corrected chi connectivity index (χ3v) is 11.4. The average molecular weight is 561 g/mol. The van der Waals surface area contributed by atoms with Crippen LogP contribution >= 0.6 is 0 Å². The molecule has 1 unspecified atom stereocenters. The van der Waals surface area contributed by atoms with Crippen molar-refractivity contribution in [1.29, 1.82) is 0 Å². The SMILES string of the molecule is CONC[C@]1(C)C[C@@H](C(Oc2ccc3c(c2F)B(O)OC3)C(=O)O)[C@@]2(C)[C@H](C)CC[C@]3(CCC(=O)[C@H]32)[C@@H](C)[C@@H]1O. The molecule has 220 valence electrons. The number of ketones is 1. The predicted molar refractivity (Wildman–Crippen MR) is 144 cm³/mol. The van der Waals surface area contributed by atoms with Gasteiger partial charge in [0.2, 0.25) is 0 Å². The van der Waals surface area contributed by atoms with E-state index >= 15 is 4.39 Å². The van der Waals surface area contributed by atoms with Crippen LogP contribution in [0, 0.1) is 45.7 Å². The summed E-state index contributed by atoms with van der Waals surface area (Å²) in [6, 6.07) is 2.93. The number of aliphatic carboxylic acids is 1. The number of carboxylic acids is 1. The summed E-state index contributed by atoms with van der Waals surface area (Å²) >= 11 is 0. The smallest absolute Gasteiger partial charge is 0.478 e. The molecule has 9 nitrogen and oxygen atoms in total. The van der Waals surface area contributed by atoms with Gasteiger partial charge in [0.15, 0.2) is 17.7 Å². The van der Waals surface area contributed by atoms with Gasteiger partial charge in [-0.15, -0.1) is 0 Å². The van der Waals surface area contributed by atoms with Crippen molar-refractivity contribution in [3.05, 3.63) is 23.5 Å². The molecular formula is C29H41BFNO8. The minimum Gasteiger partial charge on any atom is -0.478 e. The van der Waals surface area contributed by atoms with E-state index in [-0.39, 0.29) is 48.4 Å². The Morgan fingerprint density at radius 3 is 2.70 bits per heavy atom. The summed E-state index contributed by atoms with van der Waals surface area (Å²) < 4.78 is 26.8. The summed E-state index contributed by atoms with van der Waals surface area (Å²) in [5, 5.41) is 32.7. The van der Waals surface area contributed by atoms with E-state index in [9.17, 15) is 24.8 Å². The molecular weight excluding hydrogens is 520 g/mol. The van der Waals surface area contributed by atoms with Gasteiger partial charge in [0, 0.05) is 35.7 Å². The summed E-state index contributed by atoms with van der Waals surface area (Å²) in [6.07, 6.45) is 0.408. The van der Waals surface area contributed by atoms with Crippen LogP contribution in [0.4, 0.5) is 4.39 Å². The van der Waals surface area contributed by atoms with Gasteiger partial charge in [-0.1, -0.05) is 33.8 Å². The molecule has 4 N–H and O–H groups in total. The molecule has 3 fully saturated rings. The highest BCUT2D eigenvalue weighted by Crippen LogP contribution is 2.69. The van der Waals surface area contributed by atoms with Crippen LogP contribution in [0.2, 0.25) is 0 Å². The van der Waals surface area contributed by atoms with Gasteiger partial charge in [-0.3, -0.25) is 4.79 Å². The van der Waals surface area contributed by atoms with E-state index < -0.39 is 59.2 Å². The Kier molecular flexibility index (Phi) is 7.62. The molecule has 0 amide bonds. The molecule has 0 radical (unpaired) electrons. The monoisotopic (exact) mass is 561 g/mol. The van der Waals surface area contributed by atoms with Crippen molar-refractivity contribution < 1.29 is 43.4 Å². The van der Waals surface area contributed by atoms with Crippen LogP contribution < -0.4 is 15.7 Å². The Morgan fingerprint density at radius 1 is 1.30 bits per heavy atom. The van der Waals surface area contributed by atoms with E-state index in [1.165, 1.54) is 13.2 Å². The molecule has 3 saturated carbocycles. The van der Waals surface area contributed by atoms with Crippen molar-refractivity contribution in [2.75, 3.05) is 13.7 Å². The first-order chi connectivity index (χ1) is 18.8. The molecule has 5 rings (SSSR count). The molecule has 40 heavy (non-hydrogen) atoms. The lowest BCUT2D eigenvalue weighted by Gasteiger charge is -2.63. The summed E-state index contributed by atoms with van der Waals surface area (Å²) in [6.45, 7) is 8.30. The number of fused-ring (bicyclic) bond motifs is 1. The third kappa shape index (κ3) is 4.23. The number of carboxylic acid groups (broad SMARTS) is 1. The number of nitrogens with one attached hydrogen (secondary N) is 1. The number of aliphatic hydroxyl groups is 1.